The van der Waals surface area contributed by atoms with E-state index in [1.807, 2.05) is 14.0 Å². The van der Waals surface area contributed by atoms with Gasteiger partial charge in [-0.1, -0.05) is 5.16 Å². The largest absolute Gasteiger partial charge is 0.409 e. The lowest BCUT2D eigenvalue weighted by Crippen LogP contribution is -2.45. The van der Waals surface area contributed by atoms with Crippen molar-refractivity contribution in [1.29, 1.82) is 0 Å². The van der Waals surface area contributed by atoms with Crippen molar-refractivity contribution in [3.8, 4) is 0 Å². The Bertz CT molecular complexity index is 458. The Labute approximate surface area is 106 Å². The van der Waals surface area contributed by atoms with Crippen LogP contribution in [0.15, 0.2) is 5.16 Å². The molecule has 1 aliphatic rings. The van der Waals surface area contributed by atoms with Crippen LogP contribution in [-0.4, -0.2) is 58.9 Å². The summed E-state index contributed by atoms with van der Waals surface area (Å²) >= 11 is 0. The maximum Gasteiger partial charge on any atom is 0.175 e. The van der Waals surface area contributed by atoms with Gasteiger partial charge in [0.1, 0.15) is 5.82 Å². The maximum atomic E-state index is 8.89. The second kappa shape index (κ2) is 4.85. The standard InChI is InChI=1S/C11H20N6O/c1-8-9(10(12)14-18)11(16(3)13-8)17-6-4-15(2)5-7-17/h18H,4-7H2,1-3H3,(H2,12,14). The highest BCUT2D eigenvalue weighted by Crippen LogP contribution is 2.23. The minimum absolute atomic E-state index is 0.120. The molecule has 1 aromatic rings. The van der Waals surface area contributed by atoms with E-state index >= 15 is 0 Å². The van der Waals surface area contributed by atoms with E-state index in [9.17, 15) is 0 Å². The van der Waals surface area contributed by atoms with Gasteiger partial charge in [0.2, 0.25) is 0 Å². The first-order valence-electron chi connectivity index (χ1n) is 5.99. The molecule has 0 aliphatic carbocycles. The number of anilines is 1. The van der Waals surface area contributed by atoms with Gasteiger partial charge in [-0.3, -0.25) is 4.68 Å². The fourth-order valence-corrected chi connectivity index (χ4v) is 2.38. The number of aryl methyl sites for hydroxylation is 2. The molecular formula is C11H20N6O. The lowest BCUT2D eigenvalue weighted by molar-refractivity contribution is 0.310. The minimum Gasteiger partial charge on any atom is -0.409 e. The molecule has 0 atom stereocenters. The van der Waals surface area contributed by atoms with E-state index in [1.54, 1.807) is 4.68 Å². The SMILES string of the molecule is Cc1nn(C)c(N2CCN(C)CC2)c1/C(N)=N/O. The van der Waals surface area contributed by atoms with E-state index < -0.39 is 0 Å². The first kappa shape index (κ1) is 12.7. The zero-order chi connectivity index (χ0) is 13.3. The molecule has 1 aromatic heterocycles. The smallest absolute Gasteiger partial charge is 0.175 e. The van der Waals surface area contributed by atoms with Gasteiger partial charge in [0.05, 0.1) is 11.3 Å². The Kier molecular flexibility index (Phi) is 3.42. The number of likely N-dealkylation sites (N-methyl/N-ethyl adjacent to an activating group) is 1. The Balaban J connectivity index is 2.38. The molecule has 7 heteroatoms. The van der Waals surface area contributed by atoms with Gasteiger partial charge in [0, 0.05) is 33.2 Å². The predicted octanol–water partition coefficient (Wildman–Crippen LogP) is -0.425. The van der Waals surface area contributed by atoms with Crippen LogP contribution in [0.3, 0.4) is 0 Å². The Morgan fingerprint density at radius 1 is 1.28 bits per heavy atom. The fraction of sp³-hybridized carbons (Fsp3) is 0.636. The molecule has 0 aromatic carbocycles. The van der Waals surface area contributed by atoms with E-state index in [4.69, 9.17) is 10.9 Å². The van der Waals surface area contributed by atoms with Crippen LogP contribution in [0.5, 0.6) is 0 Å². The third-order valence-corrected chi connectivity index (χ3v) is 3.36. The minimum atomic E-state index is 0.120. The van der Waals surface area contributed by atoms with Crippen LogP contribution in [0.1, 0.15) is 11.3 Å². The third-order valence-electron chi connectivity index (χ3n) is 3.36. The molecule has 1 aliphatic heterocycles. The molecule has 0 unspecified atom stereocenters. The molecule has 3 N–H and O–H groups in total. The van der Waals surface area contributed by atoms with Gasteiger partial charge in [-0.15, -0.1) is 0 Å². The van der Waals surface area contributed by atoms with Crippen molar-refractivity contribution in [2.45, 2.75) is 6.92 Å². The van der Waals surface area contributed by atoms with E-state index in [1.165, 1.54) is 0 Å². The van der Waals surface area contributed by atoms with Crippen LogP contribution in [-0.2, 0) is 7.05 Å². The molecule has 7 nitrogen and oxygen atoms in total. The zero-order valence-corrected chi connectivity index (χ0v) is 11.1. The number of hydrogen-bond acceptors (Lipinski definition) is 5. The molecule has 0 spiro atoms. The molecule has 18 heavy (non-hydrogen) atoms. The summed E-state index contributed by atoms with van der Waals surface area (Å²) in [6.07, 6.45) is 0. The Morgan fingerprint density at radius 2 is 1.89 bits per heavy atom. The molecule has 0 radical (unpaired) electrons. The molecule has 2 heterocycles. The second-order valence-electron chi connectivity index (χ2n) is 4.68. The van der Waals surface area contributed by atoms with Crippen molar-refractivity contribution >= 4 is 11.7 Å². The normalized spacial score (nSPS) is 18.4. The van der Waals surface area contributed by atoms with Gasteiger partial charge in [-0.2, -0.15) is 5.10 Å². The van der Waals surface area contributed by atoms with Gasteiger partial charge in [0.15, 0.2) is 5.84 Å². The molecule has 0 amide bonds. The lowest BCUT2D eigenvalue weighted by Gasteiger charge is -2.34. The summed E-state index contributed by atoms with van der Waals surface area (Å²) in [7, 11) is 3.99. The van der Waals surface area contributed by atoms with Crippen molar-refractivity contribution in [2.75, 3.05) is 38.1 Å². The predicted molar refractivity (Wildman–Crippen MR) is 70.2 cm³/mol. The number of rotatable bonds is 2. The average Bonchev–Trinajstić information content (AvgIpc) is 2.64. The van der Waals surface area contributed by atoms with Gasteiger partial charge >= 0.3 is 0 Å². The molecule has 0 bridgehead atoms. The van der Waals surface area contributed by atoms with Gasteiger partial charge < -0.3 is 20.7 Å². The van der Waals surface area contributed by atoms with Crippen molar-refractivity contribution in [2.24, 2.45) is 17.9 Å². The maximum absolute atomic E-state index is 8.89. The summed E-state index contributed by atoms with van der Waals surface area (Å²) in [6, 6.07) is 0. The van der Waals surface area contributed by atoms with Crippen LogP contribution >= 0.6 is 0 Å². The average molecular weight is 252 g/mol. The number of hydrogen-bond donors (Lipinski definition) is 2. The highest BCUT2D eigenvalue weighted by molar-refractivity contribution is 6.02. The molecule has 1 fully saturated rings. The van der Waals surface area contributed by atoms with Gasteiger partial charge in [0.25, 0.3) is 0 Å². The summed E-state index contributed by atoms with van der Waals surface area (Å²) in [5.41, 5.74) is 7.26. The van der Waals surface area contributed by atoms with Crippen LogP contribution in [0.4, 0.5) is 5.82 Å². The monoisotopic (exact) mass is 252 g/mol. The highest BCUT2D eigenvalue weighted by atomic mass is 16.4. The number of piperazine rings is 1. The number of oxime groups is 1. The van der Waals surface area contributed by atoms with E-state index in [0.29, 0.717) is 0 Å². The molecule has 1 saturated heterocycles. The van der Waals surface area contributed by atoms with Crippen molar-refractivity contribution in [1.82, 2.24) is 14.7 Å². The van der Waals surface area contributed by atoms with Crippen LogP contribution in [0, 0.1) is 6.92 Å². The van der Waals surface area contributed by atoms with Crippen LogP contribution in [0.2, 0.25) is 0 Å². The third kappa shape index (κ3) is 2.13. The van der Waals surface area contributed by atoms with Crippen LogP contribution in [0.25, 0.3) is 0 Å². The fourth-order valence-electron chi connectivity index (χ4n) is 2.38. The van der Waals surface area contributed by atoms with Crippen LogP contribution < -0.4 is 10.6 Å². The summed E-state index contributed by atoms with van der Waals surface area (Å²) < 4.78 is 1.80. The topological polar surface area (TPSA) is 82.9 Å². The summed E-state index contributed by atoms with van der Waals surface area (Å²) in [4.78, 5) is 4.51. The highest BCUT2D eigenvalue weighted by Gasteiger charge is 2.24. The van der Waals surface area contributed by atoms with Gasteiger partial charge in [-0.05, 0) is 14.0 Å². The first-order valence-corrected chi connectivity index (χ1v) is 5.99. The second-order valence-corrected chi connectivity index (χ2v) is 4.68. The molecule has 0 saturated carbocycles. The lowest BCUT2D eigenvalue weighted by atomic mass is 10.2. The Hall–Kier alpha value is -1.76. The number of nitrogens with two attached hydrogens (primary N) is 1. The zero-order valence-electron chi connectivity index (χ0n) is 11.1. The summed E-state index contributed by atoms with van der Waals surface area (Å²) in [5.74, 6) is 1.05. The van der Waals surface area contributed by atoms with Crippen molar-refractivity contribution in [3.63, 3.8) is 0 Å². The van der Waals surface area contributed by atoms with Gasteiger partial charge in [-0.25, -0.2) is 0 Å². The number of nitrogens with zero attached hydrogens (tertiary/aromatic N) is 5. The Morgan fingerprint density at radius 3 is 2.44 bits per heavy atom. The van der Waals surface area contributed by atoms with E-state index in [-0.39, 0.29) is 5.84 Å². The summed E-state index contributed by atoms with van der Waals surface area (Å²) in [6.45, 7) is 5.70. The molecule has 100 valence electrons. The number of amidine groups is 1. The summed E-state index contributed by atoms with van der Waals surface area (Å²) in [5, 5.41) is 16.4. The first-order chi connectivity index (χ1) is 8.54. The van der Waals surface area contributed by atoms with Crippen molar-refractivity contribution < 1.29 is 5.21 Å². The van der Waals surface area contributed by atoms with E-state index in [0.717, 1.165) is 43.3 Å². The molecule has 2 rings (SSSR count). The number of aromatic nitrogens is 2. The molecular weight excluding hydrogens is 232 g/mol. The van der Waals surface area contributed by atoms with Crippen molar-refractivity contribution in [3.05, 3.63) is 11.3 Å². The quantitative estimate of drug-likeness (QED) is 0.323. The van der Waals surface area contributed by atoms with E-state index in [2.05, 4.69) is 27.1 Å².